The lowest BCUT2D eigenvalue weighted by Crippen LogP contribution is -2.20. The van der Waals surface area contributed by atoms with Crippen LogP contribution in [0, 0.1) is 5.82 Å². The molecule has 1 aliphatic heterocycles. The number of carbonyl (C=O) groups excluding carboxylic acids is 1. The van der Waals surface area contributed by atoms with Crippen LogP contribution in [0.2, 0.25) is 0 Å². The van der Waals surface area contributed by atoms with E-state index in [1.165, 1.54) is 18.2 Å². The van der Waals surface area contributed by atoms with Crippen LogP contribution < -0.4 is 4.74 Å². The molecule has 1 unspecified atom stereocenters. The summed E-state index contributed by atoms with van der Waals surface area (Å²) in [5.74, 6) is -2.22. The van der Waals surface area contributed by atoms with E-state index < -0.39 is 17.7 Å². The van der Waals surface area contributed by atoms with E-state index in [0.29, 0.717) is 5.56 Å². The van der Waals surface area contributed by atoms with Gasteiger partial charge in [-0.05, 0) is 17.7 Å². The van der Waals surface area contributed by atoms with Crippen LogP contribution in [0.1, 0.15) is 28.4 Å². The summed E-state index contributed by atoms with van der Waals surface area (Å²) >= 11 is 0. The maximum atomic E-state index is 13.4. The summed E-state index contributed by atoms with van der Waals surface area (Å²) in [5.41, 5.74) is 0.385. The van der Waals surface area contributed by atoms with Gasteiger partial charge < -0.3 is 20.1 Å². The quantitative estimate of drug-likeness (QED) is 0.751. The molecular weight excluding hydrogens is 279 g/mol. The van der Waals surface area contributed by atoms with E-state index in [1.54, 1.807) is 0 Å². The summed E-state index contributed by atoms with van der Waals surface area (Å²) in [6.07, 6.45) is -0.823. The fraction of sp³-hybridized carbons (Fsp3) is 0.133. The zero-order chi connectivity index (χ0) is 15.1. The van der Waals surface area contributed by atoms with Gasteiger partial charge in [-0.3, -0.25) is 4.79 Å². The average molecular weight is 290 g/mol. The normalized spacial score (nSPS) is 17.2. The number of aromatic hydroxyl groups is 3. The van der Waals surface area contributed by atoms with Gasteiger partial charge in [-0.2, -0.15) is 0 Å². The standard InChI is InChI=1S/C15H11FO5/c16-9-3-7(1-2-10(9)18)13-6-12(20)15-11(19)4-8(17)5-14(15)21-13/h1-5,13,17-19H,6H2. The molecule has 3 N–H and O–H groups in total. The monoisotopic (exact) mass is 290 g/mol. The van der Waals surface area contributed by atoms with Crippen molar-refractivity contribution in [3.05, 3.63) is 47.3 Å². The van der Waals surface area contributed by atoms with Crippen LogP contribution >= 0.6 is 0 Å². The molecule has 0 bridgehead atoms. The number of phenolic OH excluding ortho intramolecular Hbond substituents is 3. The van der Waals surface area contributed by atoms with Gasteiger partial charge in [-0.1, -0.05) is 6.07 Å². The van der Waals surface area contributed by atoms with Gasteiger partial charge in [0.2, 0.25) is 0 Å². The molecule has 0 amide bonds. The summed E-state index contributed by atoms with van der Waals surface area (Å²) in [6, 6.07) is 5.98. The number of hydrogen-bond donors (Lipinski definition) is 3. The van der Waals surface area contributed by atoms with Crippen molar-refractivity contribution in [3.8, 4) is 23.0 Å². The van der Waals surface area contributed by atoms with Crippen LogP contribution in [0.5, 0.6) is 23.0 Å². The first kappa shape index (κ1) is 13.2. The van der Waals surface area contributed by atoms with E-state index in [4.69, 9.17) is 4.74 Å². The smallest absolute Gasteiger partial charge is 0.174 e. The second-order valence-electron chi connectivity index (χ2n) is 4.78. The molecule has 2 aromatic rings. The van der Waals surface area contributed by atoms with Gasteiger partial charge in [0.25, 0.3) is 0 Å². The summed E-state index contributed by atoms with van der Waals surface area (Å²) in [6.45, 7) is 0. The van der Waals surface area contributed by atoms with E-state index in [2.05, 4.69) is 0 Å². The number of Topliss-reactive ketones (excluding diaryl/α,β-unsaturated/α-hetero) is 1. The minimum Gasteiger partial charge on any atom is -0.508 e. The van der Waals surface area contributed by atoms with Crippen molar-refractivity contribution in [2.24, 2.45) is 0 Å². The van der Waals surface area contributed by atoms with Gasteiger partial charge in [0.05, 0.1) is 6.42 Å². The molecule has 0 spiro atoms. The highest BCUT2D eigenvalue weighted by Gasteiger charge is 2.31. The summed E-state index contributed by atoms with van der Waals surface area (Å²) < 4.78 is 18.9. The number of hydrogen-bond acceptors (Lipinski definition) is 5. The molecular formula is C15H11FO5. The minimum atomic E-state index is -0.812. The van der Waals surface area contributed by atoms with Crippen LogP contribution in [0.25, 0.3) is 0 Å². The summed E-state index contributed by atoms with van der Waals surface area (Å²) in [7, 11) is 0. The van der Waals surface area contributed by atoms with E-state index in [0.717, 1.165) is 12.1 Å². The first-order valence-electron chi connectivity index (χ1n) is 6.20. The molecule has 0 aliphatic carbocycles. The highest BCUT2D eigenvalue weighted by atomic mass is 19.1. The third-order valence-corrected chi connectivity index (χ3v) is 3.33. The molecule has 0 aromatic heterocycles. The zero-order valence-electron chi connectivity index (χ0n) is 10.7. The van der Waals surface area contributed by atoms with Crippen molar-refractivity contribution in [2.45, 2.75) is 12.5 Å². The van der Waals surface area contributed by atoms with Crippen molar-refractivity contribution in [1.82, 2.24) is 0 Å². The Balaban J connectivity index is 2.01. The van der Waals surface area contributed by atoms with Crippen molar-refractivity contribution >= 4 is 5.78 Å². The Bertz CT molecular complexity index is 741. The number of halogens is 1. The number of ether oxygens (including phenoxy) is 1. The zero-order valence-corrected chi connectivity index (χ0v) is 10.7. The van der Waals surface area contributed by atoms with E-state index in [-0.39, 0.29) is 35.0 Å². The molecule has 108 valence electrons. The Hall–Kier alpha value is -2.76. The molecule has 0 fully saturated rings. The van der Waals surface area contributed by atoms with Crippen LogP contribution in [-0.4, -0.2) is 21.1 Å². The average Bonchev–Trinajstić information content (AvgIpc) is 2.40. The topological polar surface area (TPSA) is 87.0 Å². The summed E-state index contributed by atoms with van der Waals surface area (Å²) in [4.78, 5) is 12.1. The lowest BCUT2D eigenvalue weighted by atomic mass is 9.95. The molecule has 2 aromatic carbocycles. The minimum absolute atomic E-state index is 0.00306. The number of benzene rings is 2. The Labute approximate surface area is 118 Å². The second kappa shape index (κ2) is 4.66. The maximum absolute atomic E-state index is 13.4. The van der Waals surface area contributed by atoms with Crippen molar-refractivity contribution in [3.63, 3.8) is 0 Å². The largest absolute Gasteiger partial charge is 0.508 e. The van der Waals surface area contributed by atoms with Gasteiger partial charge in [-0.15, -0.1) is 0 Å². The lowest BCUT2D eigenvalue weighted by Gasteiger charge is -2.26. The van der Waals surface area contributed by atoms with Crippen LogP contribution in [0.3, 0.4) is 0 Å². The molecule has 1 aliphatic rings. The van der Waals surface area contributed by atoms with Gasteiger partial charge in [0.1, 0.15) is 28.9 Å². The maximum Gasteiger partial charge on any atom is 0.174 e. The van der Waals surface area contributed by atoms with Crippen molar-refractivity contribution < 1.29 is 29.2 Å². The first-order chi connectivity index (χ1) is 9.95. The SMILES string of the molecule is O=C1CC(c2ccc(O)c(F)c2)Oc2cc(O)cc(O)c21. The number of fused-ring (bicyclic) bond motifs is 1. The predicted molar refractivity (Wildman–Crippen MR) is 70.2 cm³/mol. The second-order valence-corrected chi connectivity index (χ2v) is 4.78. The highest BCUT2D eigenvalue weighted by Crippen LogP contribution is 2.41. The van der Waals surface area contributed by atoms with Crippen LogP contribution in [0.4, 0.5) is 4.39 Å². The Morgan fingerprint density at radius 3 is 2.57 bits per heavy atom. The Kier molecular flexibility index (Phi) is 2.94. The Morgan fingerprint density at radius 2 is 1.86 bits per heavy atom. The number of ketones is 1. The van der Waals surface area contributed by atoms with E-state index >= 15 is 0 Å². The number of rotatable bonds is 1. The fourth-order valence-corrected chi connectivity index (χ4v) is 2.33. The molecule has 1 atom stereocenters. The Morgan fingerprint density at radius 1 is 1.10 bits per heavy atom. The van der Waals surface area contributed by atoms with Crippen molar-refractivity contribution in [2.75, 3.05) is 0 Å². The third-order valence-electron chi connectivity index (χ3n) is 3.33. The molecule has 0 radical (unpaired) electrons. The predicted octanol–water partition coefficient (Wildman–Crippen LogP) is 2.65. The highest BCUT2D eigenvalue weighted by molar-refractivity contribution is 6.02. The number of phenols is 3. The molecule has 21 heavy (non-hydrogen) atoms. The van der Waals surface area contributed by atoms with Crippen LogP contribution in [-0.2, 0) is 0 Å². The van der Waals surface area contributed by atoms with Gasteiger partial charge in [0.15, 0.2) is 17.3 Å². The van der Waals surface area contributed by atoms with Gasteiger partial charge in [-0.25, -0.2) is 4.39 Å². The van der Waals surface area contributed by atoms with E-state index in [1.807, 2.05) is 0 Å². The van der Waals surface area contributed by atoms with Gasteiger partial charge in [0, 0.05) is 12.1 Å². The molecule has 3 rings (SSSR count). The lowest BCUT2D eigenvalue weighted by molar-refractivity contribution is 0.0844. The van der Waals surface area contributed by atoms with Crippen LogP contribution in [0.15, 0.2) is 30.3 Å². The van der Waals surface area contributed by atoms with Gasteiger partial charge >= 0.3 is 0 Å². The number of carbonyl (C=O) groups is 1. The van der Waals surface area contributed by atoms with Crippen molar-refractivity contribution in [1.29, 1.82) is 0 Å². The fourth-order valence-electron chi connectivity index (χ4n) is 2.33. The summed E-state index contributed by atoms with van der Waals surface area (Å²) in [5, 5.41) is 28.3. The molecule has 0 saturated carbocycles. The third kappa shape index (κ3) is 2.24. The molecule has 6 heteroatoms. The van der Waals surface area contributed by atoms with E-state index in [9.17, 15) is 24.5 Å². The molecule has 0 saturated heterocycles. The first-order valence-corrected chi connectivity index (χ1v) is 6.20. The molecule has 5 nitrogen and oxygen atoms in total. The molecule has 1 heterocycles.